The second-order valence-electron chi connectivity index (χ2n) is 9.72. The molecule has 2 aromatic rings. The number of nitrogens with zero attached hydrogens (tertiary/aromatic N) is 2. The maximum atomic E-state index is 13.9. The minimum Gasteiger partial charge on any atom is -0.497 e. The van der Waals surface area contributed by atoms with Crippen molar-refractivity contribution in [3.05, 3.63) is 53.1 Å². The Morgan fingerprint density at radius 1 is 1.05 bits per heavy atom. The van der Waals surface area contributed by atoms with Crippen molar-refractivity contribution in [3.8, 4) is 11.5 Å². The maximum Gasteiger partial charge on any atom is 0.244 e. The van der Waals surface area contributed by atoms with Crippen LogP contribution in [0.4, 0.5) is 5.69 Å². The Hall–Kier alpha value is -2.98. The standard InChI is InChI=1S/C28H38ClN3O6S/c1-5-24(28(34)30-22-9-7-6-8-10-22)31(18-20-11-13-21(29)14-12-20)27(33)19-32(39(4,35)36)25-17-23(37-2)15-16-26(25)38-3/h11-17,22,24H,5-10,18-19H2,1-4H3,(H,30,34). The number of carbonyl (C=O) groups is 2. The van der Waals surface area contributed by atoms with Crippen molar-refractivity contribution in [2.24, 2.45) is 0 Å². The molecule has 39 heavy (non-hydrogen) atoms. The highest BCUT2D eigenvalue weighted by molar-refractivity contribution is 7.92. The van der Waals surface area contributed by atoms with Gasteiger partial charge in [-0.2, -0.15) is 0 Å². The van der Waals surface area contributed by atoms with Crippen molar-refractivity contribution in [2.75, 3.05) is 31.3 Å². The summed E-state index contributed by atoms with van der Waals surface area (Å²) in [4.78, 5) is 28.9. The minimum absolute atomic E-state index is 0.0707. The molecular formula is C28H38ClN3O6S. The SMILES string of the molecule is CCC(C(=O)NC1CCCCC1)N(Cc1ccc(Cl)cc1)C(=O)CN(c1cc(OC)ccc1OC)S(C)(=O)=O. The van der Waals surface area contributed by atoms with Gasteiger partial charge >= 0.3 is 0 Å². The fourth-order valence-electron chi connectivity index (χ4n) is 4.84. The fraction of sp³-hybridized carbons (Fsp3) is 0.500. The van der Waals surface area contributed by atoms with Gasteiger partial charge in [-0.3, -0.25) is 13.9 Å². The van der Waals surface area contributed by atoms with Gasteiger partial charge in [-0.1, -0.05) is 49.9 Å². The van der Waals surface area contributed by atoms with Crippen LogP contribution in [-0.4, -0.2) is 64.2 Å². The first kappa shape index (κ1) is 30.6. The van der Waals surface area contributed by atoms with Crippen molar-refractivity contribution in [3.63, 3.8) is 0 Å². The molecule has 214 valence electrons. The molecule has 1 saturated carbocycles. The number of hydrogen-bond acceptors (Lipinski definition) is 6. The number of amides is 2. The summed E-state index contributed by atoms with van der Waals surface area (Å²) in [5.41, 5.74) is 0.931. The Morgan fingerprint density at radius 2 is 1.72 bits per heavy atom. The van der Waals surface area contributed by atoms with Crippen molar-refractivity contribution in [1.82, 2.24) is 10.2 Å². The van der Waals surface area contributed by atoms with Gasteiger partial charge in [0.05, 0.1) is 26.2 Å². The number of halogens is 1. The van der Waals surface area contributed by atoms with E-state index in [0.29, 0.717) is 17.2 Å². The van der Waals surface area contributed by atoms with Crippen molar-refractivity contribution in [2.45, 2.75) is 64.1 Å². The molecule has 0 bridgehead atoms. The number of hydrogen-bond donors (Lipinski definition) is 1. The van der Waals surface area contributed by atoms with Gasteiger partial charge in [-0.05, 0) is 49.1 Å². The third-order valence-corrected chi connectivity index (χ3v) is 8.32. The Morgan fingerprint density at radius 3 is 2.28 bits per heavy atom. The van der Waals surface area contributed by atoms with Crippen LogP contribution >= 0.6 is 11.6 Å². The molecule has 1 unspecified atom stereocenters. The third kappa shape index (κ3) is 8.25. The molecule has 0 saturated heterocycles. The predicted octanol–water partition coefficient (Wildman–Crippen LogP) is 4.38. The van der Waals surface area contributed by atoms with E-state index >= 15 is 0 Å². The average Bonchev–Trinajstić information content (AvgIpc) is 2.92. The van der Waals surface area contributed by atoms with Gasteiger partial charge < -0.3 is 19.7 Å². The van der Waals surface area contributed by atoms with E-state index in [1.807, 2.05) is 6.92 Å². The maximum absolute atomic E-state index is 13.9. The highest BCUT2D eigenvalue weighted by Gasteiger charge is 2.33. The van der Waals surface area contributed by atoms with E-state index in [4.69, 9.17) is 21.1 Å². The van der Waals surface area contributed by atoms with E-state index in [0.717, 1.165) is 48.2 Å². The molecule has 1 aliphatic carbocycles. The molecule has 1 atom stereocenters. The number of carbonyl (C=O) groups excluding carboxylic acids is 2. The molecule has 2 amide bonds. The molecule has 0 heterocycles. The lowest BCUT2D eigenvalue weighted by Crippen LogP contribution is -2.54. The molecular weight excluding hydrogens is 542 g/mol. The molecule has 1 aliphatic rings. The van der Waals surface area contributed by atoms with Crippen LogP contribution in [0.1, 0.15) is 51.0 Å². The third-order valence-electron chi connectivity index (χ3n) is 6.94. The normalized spacial score (nSPS) is 14.8. The lowest BCUT2D eigenvalue weighted by Gasteiger charge is -2.34. The van der Waals surface area contributed by atoms with Crippen molar-refractivity contribution >= 4 is 39.1 Å². The second-order valence-corrected chi connectivity index (χ2v) is 12.1. The van der Waals surface area contributed by atoms with Gasteiger partial charge in [0.25, 0.3) is 0 Å². The van der Waals surface area contributed by atoms with Crippen molar-refractivity contribution in [1.29, 1.82) is 0 Å². The molecule has 1 N–H and O–H groups in total. The zero-order chi connectivity index (χ0) is 28.6. The van der Waals surface area contributed by atoms with Crippen LogP contribution in [0.3, 0.4) is 0 Å². The lowest BCUT2D eigenvalue weighted by atomic mass is 9.95. The molecule has 1 fully saturated rings. The summed E-state index contributed by atoms with van der Waals surface area (Å²) in [6, 6.07) is 11.0. The smallest absolute Gasteiger partial charge is 0.244 e. The molecule has 2 aromatic carbocycles. The highest BCUT2D eigenvalue weighted by atomic mass is 35.5. The first-order valence-corrected chi connectivity index (χ1v) is 15.3. The number of methoxy groups -OCH3 is 2. The van der Waals surface area contributed by atoms with E-state index in [1.54, 1.807) is 36.4 Å². The van der Waals surface area contributed by atoms with Crippen LogP contribution in [0.5, 0.6) is 11.5 Å². The average molecular weight is 580 g/mol. The number of benzene rings is 2. The summed E-state index contributed by atoms with van der Waals surface area (Å²) < 4.78 is 37.6. The molecule has 0 aromatic heterocycles. The molecule has 0 aliphatic heterocycles. The Labute approximate surface area is 236 Å². The first-order valence-electron chi connectivity index (χ1n) is 13.1. The number of sulfonamides is 1. The second kappa shape index (κ2) is 13.9. The predicted molar refractivity (Wildman–Crippen MR) is 153 cm³/mol. The van der Waals surface area contributed by atoms with Crippen LogP contribution in [0.2, 0.25) is 5.02 Å². The zero-order valence-electron chi connectivity index (χ0n) is 23.0. The van der Waals surface area contributed by atoms with E-state index < -0.39 is 28.5 Å². The Kier molecular flexibility index (Phi) is 10.9. The van der Waals surface area contributed by atoms with Crippen LogP contribution in [0.15, 0.2) is 42.5 Å². The zero-order valence-corrected chi connectivity index (χ0v) is 24.6. The van der Waals surface area contributed by atoms with Gasteiger partial charge in [-0.15, -0.1) is 0 Å². The molecule has 11 heteroatoms. The Bertz CT molecular complexity index is 1230. The summed E-state index contributed by atoms with van der Waals surface area (Å²) >= 11 is 6.06. The van der Waals surface area contributed by atoms with Crippen LogP contribution in [0, 0.1) is 0 Å². The highest BCUT2D eigenvalue weighted by Crippen LogP contribution is 2.34. The summed E-state index contributed by atoms with van der Waals surface area (Å²) in [6.07, 6.45) is 6.46. The van der Waals surface area contributed by atoms with Gasteiger partial charge in [0.1, 0.15) is 24.1 Å². The number of ether oxygens (including phenoxy) is 2. The molecule has 9 nitrogen and oxygen atoms in total. The Balaban J connectivity index is 1.97. The molecule has 3 rings (SSSR count). The summed E-state index contributed by atoms with van der Waals surface area (Å²) in [5.74, 6) is -0.0916. The van der Waals surface area contributed by atoms with Gasteiger partial charge in [0, 0.05) is 23.7 Å². The lowest BCUT2D eigenvalue weighted by molar-refractivity contribution is -0.140. The molecule has 0 spiro atoms. The van der Waals surface area contributed by atoms with Gasteiger partial charge in [0.15, 0.2) is 0 Å². The molecule has 0 radical (unpaired) electrons. The van der Waals surface area contributed by atoms with Crippen LogP contribution in [-0.2, 0) is 26.2 Å². The van der Waals surface area contributed by atoms with E-state index in [9.17, 15) is 18.0 Å². The summed E-state index contributed by atoms with van der Waals surface area (Å²) in [7, 11) is -1.04. The van der Waals surface area contributed by atoms with Gasteiger partial charge in [0.2, 0.25) is 21.8 Å². The number of nitrogens with one attached hydrogen (secondary N) is 1. The topological polar surface area (TPSA) is 105 Å². The van der Waals surface area contributed by atoms with Crippen LogP contribution in [0.25, 0.3) is 0 Å². The number of anilines is 1. The van der Waals surface area contributed by atoms with E-state index in [2.05, 4.69) is 5.32 Å². The minimum atomic E-state index is -3.93. The van der Waals surface area contributed by atoms with Crippen LogP contribution < -0.4 is 19.1 Å². The number of rotatable bonds is 12. The largest absolute Gasteiger partial charge is 0.497 e. The summed E-state index contributed by atoms with van der Waals surface area (Å²) in [6.45, 7) is 1.43. The first-order chi connectivity index (χ1) is 18.6. The monoisotopic (exact) mass is 579 g/mol. The van der Waals surface area contributed by atoms with Crippen molar-refractivity contribution < 1.29 is 27.5 Å². The van der Waals surface area contributed by atoms with Gasteiger partial charge in [-0.25, -0.2) is 8.42 Å². The van der Waals surface area contributed by atoms with E-state index in [1.165, 1.54) is 25.2 Å². The fourth-order valence-corrected chi connectivity index (χ4v) is 5.81. The quantitative estimate of drug-likeness (QED) is 0.400. The van der Waals surface area contributed by atoms with E-state index in [-0.39, 0.29) is 29.9 Å². The summed E-state index contributed by atoms with van der Waals surface area (Å²) in [5, 5.41) is 3.67.